The van der Waals surface area contributed by atoms with Gasteiger partial charge in [-0.25, -0.2) is 0 Å². The highest BCUT2D eigenvalue weighted by Gasteiger charge is 2.36. The molecule has 0 radical (unpaired) electrons. The Labute approximate surface area is 124 Å². The van der Waals surface area contributed by atoms with Crippen LogP contribution >= 0.6 is 0 Å². The minimum atomic E-state index is -0.153. The molecule has 2 aliphatic heterocycles. The summed E-state index contributed by atoms with van der Waals surface area (Å²) in [4.78, 5) is 5.22. The van der Waals surface area contributed by atoms with Crippen molar-refractivity contribution in [2.75, 3.05) is 40.3 Å². The maximum atomic E-state index is 9.57. The second-order valence-electron chi connectivity index (χ2n) is 7.26. The van der Waals surface area contributed by atoms with Crippen LogP contribution in [-0.4, -0.2) is 72.9 Å². The van der Waals surface area contributed by atoms with Gasteiger partial charge in [-0.2, -0.15) is 0 Å². The third kappa shape index (κ3) is 3.53. The second kappa shape index (κ2) is 6.73. The van der Waals surface area contributed by atoms with Gasteiger partial charge in [0, 0.05) is 24.2 Å². The number of likely N-dealkylation sites (N-methyl/N-ethyl adjacent to an activating group) is 1. The van der Waals surface area contributed by atoms with Crippen LogP contribution in [0.15, 0.2) is 0 Å². The van der Waals surface area contributed by atoms with Crippen LogP contribution in [0.5, 0.6) is 0 Å². The Kier molecular flexibility index (Phi) is 5.46. The fourth-order valence-corrected chi connectivity index (χ4v) is 4.11. The normalized spacial score (nSPS) is 33.5. The molecule has 4 atom stereocenters. The van der Waals surface area contributed by atoms with E-state index in [0.29, 0.717) is 6.04 Å². The summed E-state index contributed by atoms with van der Waals surface area (Å²) >= 11 is 0. The highest BCUT2D eigenvalue weighted by atomic mass is 16.3. The molecule has 4 nitrogen and oxygen atoms in total. The number of nitrogens with zero attached hydrogens (tertiary/aromatic N) is 2. The van der Waals surface area contributed by atoms with E-state index in [1.165, 1.54) is 38.9 Å². The monoisotopic (exact) mass is 283 g/mol. The number of hydrogen-bond acceptors (Lipinski definition) is 4. The predicted molar refractivity (Wildman–Crippen MR) is 84.0 cm³/mol. The fourth-order valence-electron chi connectivity index (χ4n) is 4.11. The molecule has 4 unspecified atom stereocenters. The summed E-state index contributed by atoms with van der Waals surface area (Å²) in [5.74, 6) is 0.847. The van der Waals surface area contributed by atoms with E-state index in [0.717, 1.165) is 18.4 Å². The topological polar surface area (TPSA) is 38.7 Å². The van der Waals surface area contributed by atoms with Gasteiger partial charge in [0.25, 0.3) is 0 Å². The van der Waals surface area contributed by atoms with Crippen molar-refractivity contribution in [3.05, 3.63) is 0 Å². The Morgan fingerprint density at radius 1 is 1.35 bits per heavy atom. The van der Waals surface area contributed by atoms with Gasteiger partial charge in [0.15, 0.2) is 0 Å². The molecule has 0 bridgehead atoms. The van der Waals surface area contributed by atoms with Crippen molar-refractivity contribution < 1.29 is 5.11 Å². The molecule has 2 fully saturated rings. The summed E-state index contributed by atoms with van der Waals surface area (Å²) in [6.45, 7) is 8.36. The van der Waals surface area contributed by atoms with Gasteiger partial charge in [-0.15, -0.1) is 0 Å². The van der Waals surface area contributed by atoms with E-state index >= 15 is 0 Å². The molecular formula is C16H33N3O. The molecule has 2 heterocycles. The van der Waals surface area contributed by atoms with Gasteiger partial charge >= 0.3 is 0 Å². The van der Waals surface area contributed by atoms with E-state index in [9.17, 15) is 5.11 Å². The maximum absolute atomic E-state index is 9.57. The van der Waals surface area contributed by atoms with Crippen molar-refractivity contribution in [1.29, 1.82) is 0 Å². The summed E-state index contributed by atoms with van der Waals surface area (Å²) in [5.41, 5.74) is -0.153. The number of rotatable bonds is 5. The lowest BCUT2D eigenvalue weighted by molar-refractivity contribution is 0.0138. The number of aliphatic hydroxyl groups excluding tert-OH is 1. The highest BCUT2D eigenvalue weighted by Crippen LogP contribution is 2.31. The zero-order valence-corrected chi connectivity index (χ0v) is 13.7. The fraction of sp³-hybridized carbons (Fsp3) is 1.00. The number of hydrogen-bond donors (Lipinski definition) is 2. The third-order valence-electron chi connectivity index (χ3n) is 5.70. The van der Waals surface area contributed by atoms with E-state index in [-0.39, 0.29) is 12.1 Å². The predicted octanol–water partition coefficient (Wildman–Crippen LogP) is 1.15. The molecule has 20 heavy (non-hydrogen) atoms. The van der Waals surface area contributed by atoms with Gasteiger partial charge in [0.05, 0.1) is 6.61 Å². The molecule has 0 aromatic rings. The molecule has 0 aliphatic carbocycles. The van der Waals surface area contributed by atoms with Crippen molar-refractivity contribution in [3.63, 3.8) is 0 Å². The second-order valence-corrected chi connectivity index (χ2v) is 7.26. The van der Waals surface area contributed by atoms with Crippen molar-refractivity contribution in [1.82, 2.24) is 15.1 Å². The molecule has 4 heteroatoms. The van der Waals surface area contributed by atoms with Crippen molar-refractivity contribution in [2.45, 2.75) is 57.2 Å². The molecule has 2 saturated heterocycles. The van der Waals surface area contributed by atoms with Gasteiger partial charge in [-0.1, -0.05) is 0 Å². The van der Waals surface area contributed by atoms with Gasteiger partial charge in [-0.3, -0.25) is 0 Å². The Hall–Kier alpha value is -0.160. The lowest BCUT2D eigenvalue weighted by atomic mass is 9.83. The van der Waals surface area contributed by atoms with Crippen molar-refractivity contribution in [2.24, 2.45) is 5.92 Å². The third-order valence-corrected chi connectivity index (χ3v) is 5.70. The molecular weight excluding hydrogens is 250 g/mol. The summed E-state index contributed by atoms with van der Waals surface area (Å²) < 4.78 is 0. The summed E-state index contributed by atoms with van der Waals surface area (Å²) in [7, 11) is 4.24. The Morgan fingerprint density at radius 3 is 2.75 bits per heavy atom. The van der Waals surface area contributed by atoms with Crippen molar-refractivity contribution in [3.8, 4) is 0 Å². The standard InChI is InChI=1S/C16H33N3O/c1-13(10-16(2,12-20)17-3)19-9-7-15-14(11-19)6-5-8-18(15)4/h13-15,17,20H,5-12H2,1-4H3. The first-order valence-electron chi connectivity index (χ1n) is 8.23. The summed E-state index contributed by atoms with van der Waals surface area (Å²) in [6.07, 6.45) is 5.06. The molecule has 0 amide bonds. The first-order valence-corrected chi connectivity index (χ1v) is 8.23. The van der Waals surface area contributed by atoms with Crippen LogP contribution in [0.25, 0.3) is 0 Å². The van der Waals surface area contributed by atoms with Crippen LogP contribution in [0.4, 0.5) is 0 Å². The van der Waals surface area contributed by atoms with E-state index in [1.807, 2.05) is 7.05 Å². The maximum Gasteiger partial charge on any atom is 0.0611 e. The Bertz CT molecular complexity index is 306. The lowest BCUT2D eigenvalue weighted by Crippen LogP contribution is -2.56. The van der Waals surface area contributed by atoms with Crippen LogP contribution < -0.4 is 5.32 Å². The van der Waals surface area contributed by atoms with Gasteiger partial charge < -0.3 is 20.2 Å². The minimum absolute atomic E-state index is 0.153. The van der Waals surface area contributed by atoms with Crippen LogP contribution in [0.2, 0.25) is 0 Å². The zero-order valence-electron chi connectivity index (χ0n) is 13.7. The first-order chi connectivity index (χ1) is 9.49. The summed E-state index contributed by atoms with van der Waals surface area (Å²) in [5, 5.41) is 12.8. The molecule has 2 aliphatic rings. The molecule has 0 aromatic carbocycles. The number of nitrogens with one attached hydrogen (secondary N) is 1. The molecule has 118 valence electrons. The molecule has 0 aromatic heterocycles. The van der Waals surface area contributed by atoms with Gasteiger partial charge in [-0.05, 0) is 72.6 Å². The zero-order chi connectivity index (χ0) is 14.8. The van der Waals surface area contributed by atoms with E-state index in [2.05, 4.69) is 36.0 Å². The van der Waals surface area contributed by atoms with E-state index < -0.39 is 0 Å². The quantitative estimate of drug-likeness (QED) is 0.794. The minimum Gasteiger partial charge on any atom is -0.394 e. The molecule has 0 saturated carbocycles. The van der Waals surface area contributed by atoms with Crippen LogP contribution in [0, 0.1) is 5.92 Å². The number of likely N-dealkylation sites (tertiary alicyclic amines) is 2. The smallest absolute Gasteiger partial charge is 0.0611 e. The number of piperidine rings is 2. The highest BCUT2D eigenvalue weighted by molar-refractivity contribution is 4.93. The Morgan fingerprint density at radius 2 is 2.10 bits per heavy atom. The van der Waals surface area contributed by atoms with E-state index in [1.54, 1.807) is 0 Å². The van der Waals surface area contributed by atoms with Crippen LogP contribution in [0.3, 0.4) is 0 Å². The molecule has 2 N–H and O–H groups in total. The lowest BCUT2D eigenvalue weighted by Gasteiger charge is -2.48. The van der Waals surface area contributed by atoms with E-state index in [4.69, 9.17) is 0 Å². The molecule has 0 spiro atoms. The number of fused-ring (bicyclic) bond motifs is 1. The SMILES string of the molecule is CNC(C)(CO)CC(C)N1CCC2C(CCCN2C)C1. The largest absolute Gasteiger partial charge is 0.394 e. The van der Waals surface area contributed by atoms with Crippen LogP contribution in [0.1, 0.15) is 39.5 Å². The number of aliphatic hydroxyl groups is 1. The average Bonchev–Trinajstić information content (AvgIpc) is 2.47. The van der Waals surface area contributed by atoms with Gasteiger partial charge in [0.2, 0.25) is 0 Å². The summed E-state index contributed by atoms with van der Waals surface area (Å²) in [6, 6.07) is 1.34. The first kappa shape index (κ1) is 16.2. The average molecular weight is 283 g/mol. The molecule has 2 rings (SSSR count). The Balaban J connectivity index is 1.91. The van der Waals surface area contributed by atoms with Gasteiger partial charge in [0.1, 0.15) is 0 Å². The van der Waals surface area contributed by atoms with Crippen molar-refractivity contribution >= 4 is 0 Å². The van der Waals surface area contributed by atoms with Crippen LogP contribution in [-0.2, 0) is 0 Å².